The highest BCUT2D eigenvalue weighted by Crippen LogP contribution is 2.39. The normalized spacial score (nSPS) is 33.9. The molecule has 2 aromatic heterocycles. The van der Waals surface area contributed by atoms with E-state index in [1.807, 2.05) is 0 Å². The first-order valence-corrected chi connectivity index (χ1v) is 6.14. The van der Waals surface area contributed by atoms with Crippen LogP contribution in [0, 0.1) is 0 Å². The molecule has 3 heterocycles. The summed E-state index contributed by atoms with van der Waals surface area (Å²) in [5, 5.41) is 23.4. The number of nitrogens with two attached hydrogens (primary N) is 2. The van der Waals surface area contributed by atoms with Gasteiger partial charge in [-0.3, -0.25) is 0 Å². The molecule has 108 valence electrons. The van der Waals surface area contributed by atoms with Crippen molar-refractivity contribution in [1.82, 2.24) is 19.6 Å². The van der Waals surface area contributed by atoms with Crippen LogP contribution in [0.4, 0.5) is 5.82 Å². The molecule has 0 saturated carbocycles. The second kappa shape index (κ2) is 4.35. The number of nitrogens with zero attached hydrogens (tertiary/aromatic N) is 4. The van der Waals surface area contributed by atoms with E-state index in [0.717, 1.165) is 0 Å². The van der Waals surface area contributed by atoms with Crippen LogP contribution < -0.4 is 11.5 Å². The van der Waals surface area contributed by atoms with Crippen LogP contribution in [-0.4, -0.2) is 54.1 Å². The molecular weight excluding hydrogens is 264 g/mol. The Morgan fingerprint density at radius 3 is 2.90 bits per heavy atom. The largest absolute Gasteiger partial charge is 0.394 e. The lowest BCUT2D eigenvalue weighted by Gasteiger charge is -2.27. The van der Waals surface area contributed by atoms with E-state index in [1.165, 1.54) is 17.0 Å². The minimum absolute atomic E-state index is 0.238. The van der Waals surface area contributed by atoms with Gasteiger partial charge in [0, 0.05) is 0 Å². The van der Waals surface area contributed by atoms with Crippen molar-refractivity contribution in [1.29, 1.82) is 0 Å². The molecule has 1 aliphatic heterocycles. The van der Waals surface area contributed by atoms with Crippen molar-refractivity contribution in [3.05, 3.63) is 18.2 Å². The third-order valence-electron chi connectivity index (χ3n) is 3.67. The number of ether oxygens (including phenoxy) is 1. The summed E-state index contributed by atoms with van der Waals surface area (Å²) in [6.45, 7) is 1.33. The lowest BCUT2D eigenvalue weighted by atomic mass is 9.88. The Hall–Kier alpha value is -1.81. The van der Waals surface area contributed by atoms with E-state index in [-0.39, 0.29) is 12.4 Å². The zero-order valence-corrected chi connectivity index (χ0v) is 10.8. The zero-order valence-electron chi connectivity index (χ0n) is 10.8. The molecule has 0 aromatic carbocycles. The fourth-order valence-electron chi connectivity index (χ4n) is 2.51. The number of fused-ring (bicyclic) bond motifs is 1. The van der Waals surface area contributed by atoms with Crippen molar-refractivity contribution < 1.29 is 14.9 Å². The van der Waals surface area contributed by atoms with Crippen molar-refractivity contribution >= 4 is 11.5 Å². The van der Waals surface area contributed by atoms with Crippen LogP contribution in [0.1, 0.15) is 18.7 Å². The Bertz CT molecular complexity index is 642. The number of anilines is 1. The van der Waals surface area contributed by atoms with Crippen molar-refractivity contribution in [2.24, 2.45) is 5.73 Å². The standard InChI is InChI=1S/C11H16N6O3/c1-11(13)7(19)6(3-18)20-8(11)5-2-14-10-9(12)15-4-16-17(5)10/h2,4,6-8,18-19H,3,13H2,1H3,(H2,12,15,16). The van der Waals surface area contributed by atoms with Crippen molar-refractivity contribution in [2.75, 3.05) is 12.3 Å². The van der Waals surface area contributed by atoms with Crippen LogP contribution in [0.15, 0.2) is 12.5 Å². The zero-order chi connectivity index (χ0) is 14.5. The van der Waals surface area contributed by atoms with E-state index in [1.54, 1.807) is 6.92 Å². The van der Waals surface area contributed by atoms with Gasteiger partial charge in [0.15, 0.2) is 11.5 Å². The minimum atomic E-state index is -1.08. The van der Waals surface area contributed by atoms with E-state index in [0.29, 0.717) is 11.3 Å². The Balaban J connectivity index is 2.10. The molecule has 4 atom stereocenters. The Morgan fingerprint density at radius 2 is 2.25 bits per heavy atom. The lowest BCUT2D eigenvalue weighted by molar-refractivity contribution is -0.0241. The second-order valence-corrected chi connectivity index (χ2v) is 5.11. The molecule has 2 aromatic rings. The van der Waals surface area contributed by atoms with E-state index in [4.69, 9.17) is 16.2 Å². The molecule has 0 aliphatic carbocycles. The van der Waals surface area contributed by atoms with Gasteiger partial charge < -0.3 is 26.4 Å². The van der Waals surface area contributed by atoms with Gasteiger partial charge in [0.05, 0.1) is 24.0 Å². The highest BCUT2D eigenvalue weighted by molar-refractivity contribution is 5.59. The number of aromatic nitrogens is 4. The minimum Gasteiger partial charge on any atom is -0.394 e. The van der Waals surface area contributed by atoms with E-state index in [9.17, 15) is 10.2 Å². The molecule has 6 N–H and O–H groups in total. The molecule has 1 fully saturated rings. The summed E-state index contributed by atoms with van der Waals surface area (Å²) in [5.74, 6) is 0.238. The molecule has 20 heavy (non-hydrogen) atoms. The van der Waals surface area contributed by atoms with Crippen LogP contribution in [0.5, 0.6) is 0 Å². The summed E-state index contributed by atoms with van der Waals surface area (Å²) < 4.78 is 7.12. The maximum atomic E-state index is 10.1. The monoisotopic (exact) mass is 280 g/mol. The van der Waals surface area contributed by atoms with Gasteiger partial charge in [0.1, 0.15) is 24.6 Å². The highest BCUT2D eigenvalue weighted by Gasteiger charge is 2.52. The van der Waals surface area contributed by atoms with E-state index < -0.39 is 23.9 Å². The number of hydrogen-bond acceptors (Lipinski definition) is 8. The Labute approximate surface area is 114 Å². The first kappa shape index (κ1) is 13.2. The van der Waals surface area contributed by atoms with Crippen molar-refractivity contribution in [3.63, 3.8) is 0 Å². The number of aliphatic hydroxyl groups excluding tert-OH is 2. The van der Waals surface area contributed by atoms with Gasteiger partial charge in [0.2, 0.25) is 0 Å². The molecule has 9 heteroatoms. The average Bonchev–Trinajstić information content (AvgIpc) is 2.92. The van der Waals surface area contributed by atoms with Gasteiger partial charge in [-0.1, -0.05) is 0 Å². The molecule has 3 rings (SSSR count). The van der Waals surface area contributed by atoms with Gasteiger partial charge >= 0.3 is 0 Å². The van der Waals surface area contributed by atoms with Gasteiger partial charge in [-0.05, 0) is 6.92 Å². The summed E-state index contributed by atoms with van der Waals surface area (Å²) >= 11 is 0. The van der Waals surface area contributed by atoms with E-state index >= 15 is 0 Å². The van der Waals surface area contributed by atoms with Crippen molar-refractivity contribution in [2.45, 2.75) is 30.8 Å². The fourth-order valence-corrected chi connectivity index (χ4v) is 2.51. The predicted octanol–water partition coefficient (Wildman–Crippen LogP) is -1.78. The Kier molecular flexibility index (Phi) is 2.87. The van der Waals surface area contributed by atoms with Crippen LogP contribution in [0.25, 0.3) is 5.65 Å². The number of imidazole rings is 1. The predicted molar refractivity (Wildman–Crippen MR) is 68.5 cm³/mol. The second-order valence-electron chi connectivity index (χ2n) is 5.11. The summed E-state index contributed by atoms with van der Waals surface area (Å²) in [7, 11) is 0. The smallest absolute Gasteiger partial charge is 0.196 e. The summed E-state index contributed by atoms with van der Waals surface area (Å²) in [6, 6.07) is 0. The molecule has 9 nitrogen and oxygen atoms in total. The number of rotatable bonds is 2. The lowest BCUT2D eigenvalue weighted by Crippen LogP contribution is -2.51. The molecule has 0 radical (unpaired) electrons. The average molecular weight is 280 g/mol. The summed E-state index contributed by atoms with van der Waals surface area (Å²) in [6.07, 6.45) is 0.416. The molecule has 1 saturated heterocycles. The summed E-state index contributed by atoms with van der Waals surface area (Å²) in [4.78, 5) is 7.99. The van der Waals surface area contributed by atoms with Gasteiger partial charge in [-0.2, -0.15) is 5.10 Å². The Morgan fingerprint density at radius 1 is 1.50 bits per heavy atom. The van der Waals surface area contributed by atoms with Gasteiger partial charge in [-0.25, -0.2) is 14.5 Å². The fraction of sp³-hybridized carbons (Fsp3) is 0.545. The maximum Gasteiger partial charge on any atom is 0.196 e. The van der Waals surface area contributed by atoms with Gasteiger partial charge in [0.25, 0.3) is 0 Å². The molecule has 4 unspecified atom stereocenters. The first-order valence-electron chi connectivity index (χ1n) is 6.14. The van der Waals surface area contributed by atoms with Crippen LogP contribution in [-0.2, 0) is 4.74 Å². The van der Waals surface area contributed by atoms with Crippen molar-refractivity contribution in [3.8, 4) is 0 Å². The summed E-state index contributed by atoms with van der Waals surface area (Å²) in [5.41, 5.74) is 11.7. The molecular formula is C11H16N6O3. The number of hydrogen-bond donors (Lipinski definition) is 4. The molecule has 0 bridgehead atoms. The molecule has 0 amide bonds. The first-order chi connectivity index (χ1) is 9.46. The number of nitrogen functional groups attached to an aromatic ring is 1. The van der Waals surface area contributed by atoms with Crippen LogP contribution in [0.3, 0.4) is 0 Å². The third-order valence-corrected chi connectivity index (χ3v) is 3.67. The van der Waals surface area contributed by atoms with Gasteiger partial charge in [-0.15, -0.1) is 0 Å². The molecule has 1 aliphatic rings. The number of aliphatic hydroxyl groups is 2. The SMILES string of the molecule is CC1(N)C(c2cnc3c(N)ncnn23)OC(CO)C1O. The third kappa shape index (κ3) is 1.68. The topological polar surface area (TPSA) is 145 Å². The molecule has 0 spiro atoms. The maximum absolute atomic E-state index is 10.1. The van der Waals surface area contributed by atoms with E-state index in [2.05, 4.69) is 15.1 Å². The van der Waals surface area contributed by atoms with Crippen LogP contribution in [0.2, 0.25) is 0 Å². The highest BCUT2D eigenvalue weighted by atomic mass is 16.5. The van der Waals surface area contributed by atoms with Crippen LogP contribution >= 0.6 is 0 Å². The quantitative estimate of drug-likeness (QED) is 0.505.